The van der Waals surface area contributed by atoms with Gasteiger partial charge in [0.1, 0.15) is 23.0 Å². The number of hydrogen-bond donors (Lipinski definition) is 0. The minimum Gasteiger partial charge on any atom is -0.289 e. The molecule has 0 amide bonds. The number of nitrogens with zero attached hydrogens (tertiary/aromatic N) is 4. The maximum Gasteiger partial charge on any atom is 0.186 e. The smallest absolute Gasteiger partial charge is 0.186 e. The van der Waals surface area contributed by atoms with Gasteiger partial charge in [-0.2, -0.15) is 10.2 Å². The summed E-state index contributed by atoms with van der Waals surface area (Å²) in [5.74, 6) is -4.26. The van der Waals surface area contributed by atoms with Crippen LogP contribution in [0.1, 0.15) is 83.1 Å². The fourth-order valence-corrected chi connectivity index (χ4v) is 5.63. The summed E-state index contributed by atoms with van der Waals surface area (Å²) in [6.45, 7) is 23.1. The van der Waals surface area contributed by atoms with E-state index >= 15 is 17.6 Å². The van der Waals surface area contributed by atoms with Crippen molar-refractivity contribution in [3.63, 3.8) is 0 Å². The van der Waals surface area contributed by atoms with Gasteiger partial charge in [0.2, 0.25) is 0 Å². The topological polar surface area (TPSA) is 83.6 Å². The monoisotopic (exact) mass is 714 g/mol. The molecule has 0 saturated heterocycles. The molecule has 2 aliphatic carbocycles. The molecule has 52 heavy (non-hydrogen) atoms. The molecule has 2 aromatic rings. The zero-order valence-electron chi connectivity index (χ0n) is 31.9. The zero-order chi connectivity index (χ0) is 39.1. The highest BCUT2D eigenvalue weighted by molar-refractivity contribution is 6.12. The third-order valence-corrected chi connectivity index (χ3v) is 8.56. The van der Waals surface area contributed by atoms with Gasteiger partial charge >= 0.3 is 0 Å². The van der Waals surface area contributed by atoms with Crippen molar-refractivity contribution in [1.82, 2.24) is 0 Å². The molecule has 0 aliphatic heterocycles. The molecule has 0 N–H and O–H groups in total. The molecular weight excluding hydrogens is 668 g/mol. The number of ketones is 2. The second kappa shape index (κ2) is 14.3. The van der Waals surface area contributed by atoms with Crippen molar-refractivity contribution in [2.75, 3.05) is 0 Å². The fraction of sp³-hybridized carbons (Fsp3) is 0.381. The first-order valence-electron chi connectivity index (χ1n) is 17.0. The van der Waals surface area contributed by atoms with Crippen molar-refractivity contribution in [3.8, 4) is 11.1 Å². The summed E-state index contributed by atoms with van der Waals surface area (Å²) in [5, 5.41) is 15.5. The Morgan fingerprint density at radius 1 is 0.442 bits per heavy atom. The molecule has 10 heteroatoms. The molecular formula is C42H46F4N4O2. The van der Waals surface area contributed by atoms with Gasteiger partial charge in [-0.25, -0.2) is 17.6 Å². The van der Waals surface area contributed by atoms with Crippen LogP contribution in [0.4, 0.5) is 28.9 Å². The Morgan fingerprint density at radius 2 is 0.712 bits per heavy atom. The van der Waals surface area contributed by atoms with Gasteiger partial charge in [-0.05, 0) is 69.2 Å². The highest BCUT2D eigenvalue weighted by atomic mass is 19.1. The Hall–Kier alpha value is -4.86. The first kappa shape index (κ1) is 39.9. The predicted octanol–water partition coefficient (Wildman–Crippen LogP) is 12.9. The summed E-state index contributed by atoms with van der Waals surface area (Å²) >= 11 is 0. The first-order valence-corrected chi connectivity index (χ1v) is 17.0. The zero-order valence-corrected chi connectivity index (χ0v) is 31.9. The summed E-state index contributed by atoms with van der Waals surface area (Å²) in [4.78, 5) is 26.3. The number of azo groups is 2. The third kappa shape index (κ3) is 8.95. The number of carbonyl (C=O) groups excluding carboxylic acids is 2. The average molecular weight is 715 g/mol. The summed E-state index contributed by atoms with van der Waals surface area (Å²) in [5.41, 5.74) is -0.287. The van der Waals surface area contributed by atoms with Crippen molar-refractivity contribution >= 4 is 22.9 Å². The highest BCUT2D eigenvalue weighted by Crippen LogP contribution is 2.41. The standard InChI is InChI=1S/C42H46F4N4O2/c1-39(2,3)27-13-23(14-28(37(27)51)40(4,5)6)21-47-49-35-19-31(43)25(17-33(35)45)26-18-34(46)36(20-32(26)44)50-48-22-24-15-29(41(7,8)9)38(52)30(16-24)42(10,11)12/h13-22H,1-12H3. The molecule has 274 valence electrons. The quantitative estimate of drug-likeness (QED) is 0.228. The number of benzene rings is 2. The molecule has 0 bridgehead atoms. The molecule has 0 atom stereocenters. The molecule has 2 aliphatic rings. The Balaban J connectivity index is 1.63. The van der Waals surface area contributed by atoms with Crippen LogP contribution in [0.15, 0.2) is 115 Å². The Morgan fingerprint density at radius 3 is 0.962 bits per heavy atom. The largest absolute Gasteiger partial charge is 0.289 e. The molecule has 0 saturated carbocycles. The molecule has 0 radical (unpaired) electrons. The third-order valence-electron chi connectivity index (χ3n) is 8.56. The van der Waals surface area contributed by atoms with Gasteiger partial charge in [0, 0.05) is 45.6 Å². The van der Waals surface area contributed by atoms with Crippen LogP contribution < -0.4 is 0 Å². The van der Waals surface area contributed by atoms with E-state index in [1.807, 2.05) is 83.1 Å². The fourth-order valence-electron chi connectivity index (χ4n) is 5.63. The first-order chi connectivity index (χ1) is 23.8. The van der Waals surface area contributed by atoms with Gasteiger partial charge in [-0.1, -0.05) is 83.1 Å². The van der Waals surface area contributed by atoms with Crippen LogP contribution in [0.3, 0.4) is 0 Å². The SMILES string of the molecule is CC(C)(C)C1=CC(=CN=Nc2cc(F)c(-c3cc(F)c(N=NC=C4C=C(C(C)(C)C)C(=O)C(C(C)(C)C)=C4)cc3F)cc2F)C=C(C(C)(C)C)C1=O. The lowest BCUT2D eigenvalue weighted by molar-refractivity contribution is -0.114. The summed E-state index contributed by atoms with van der Waals surface area (Å²) < 4.78 is 60.9. The van der Waals surface area contributed by atoms with Crippen molar-refractivity contribution < 1.29 is 27.2 Å². The average Bonchev–Trinajstić information content (AvgIpc) is 2.99. The summed E-state index contributed by atoms with van der Waals surface area (Å²) in [6.07, 6.45) is 9.50. The summed E-state index contributed by atoms with van der Waals surface area (Å²) in [6, 6.07) is 2.93. The number of allylic oxidation sites excluding steroid dienone is 10. The van der Waals surface area contributed by atoms with Crippen LogP contribution in [-0.4, -0.2) is 11.6 Å². The van der Waals surface area contributed by atoms with E-state index < -0.39 is 67.4 Å². The normalized spacial score (nSPS) is 16.4. The van der Waals surface area contributed by atoms with Crippen molar-refractivity contribution in [1.29, 1.82) is 0 Å². The number of rotatable bonds is 5. The van der Waals surface area contributed by atoms with Gasteiger partial charge in [-0.15, -0.1) is 10.2 Å². The van der Waals surface area contributed by atoms with Crippen LogP contribution in [0.2, 0.25) is 0 Å². The van der Waals surface area contributed by atoms with Gasteiger partial charge < -0.3 is 0 Å². The van der Waals surface area contributed by atoms with E-state index in [0.29, 0.717) is 33.4 Å². The van der Waals surface area contributed by atoms with Crippen LogP contribution in [-0.2, 0) is 9.59 Å². The van der Waals surface area contributed by atoms with E-state index in [-0.39, 0.29) is 11.6 Å². The Bertz CT molecular complexity index is 1860. The Labute approximate surface area is 303 Å². The van der Waals surface area contributed by atoms with Gasteiger partial charge in [0.25, 0.3) is 0 Å². The lowest BCUT2D eigenvalue weighted by Gasteiger charge is -2.31. The van der Waals surface area contributed by atoms with Crippen LogP contribution in [0, 0.1) is 44.9 Å². The maximum absolute atomic E-state index is 15.3. The van der Waals surface area contributed by atoms with Gasteiger partial charge in [0.05, 0.1) is 12.4 Å². The molecule has 0 spiro atoms. The number of halogens is 4. The molecule has 0 aromatic heterocycles. The second-order valence-electron chi connectivity index (χ2n) is 17.1. The van der Waals surface area contributed by atoms with Gasteiger partial charge in [0.15, 0.2) is 23.2 Å². The number of carbonyl (C=O) groups is 2. The van der Waals surface area contributed by atoms with E-state index in [9.17, 15) is 9.59 Å². The van der Waals surface area contributed by atoms with Gasteiger partial charge in [-0.3, -0.25) is 9.59 Å². The van der Waals surface area contributed by atoms with E-state index in [1.165, 1.54) is 12.4 Å². The lowest BCUT2D eigenvalue weighted by atomic mass is 9.72. The molecule has 4 rings (SSSR count). The minimum atomic E-state index is -1.05. The molecule has 6 nitrogen and oxygen atoms in total. The predicted molar refractivity (Wildman–Crippen MR) is 197 cm³/mol. The maximum atomic E-state index is 15.3. The Kier molecular flexibility index (Phi) is 11.0. The number of Topliss-reactive ketones (excluding diaryl/α,β-unsaturated/α-hetero) is 2. The molecule has 0 unspecified atom stereocenters. The lowest BCUT2D eigenvalue weighted by Crippen LogP contribution is -2.27. The second-order valence-corrected chi connectivity index (χ2v) is 17.1. The number of hydrogen-bond acceptors (Lipinski definition) is 6. The van der Waals surface area contributed by atoms with Crippen molar-refractivity contribution in [2.45, 2.75) is 83.1 Å². The van der Waals surface area contributed by atoms with E-state index in [4.69, 9.17) is 0 Å². The van der Waals surface area contributed by atoms with E-state index in [1.54, 1.807) is 24.3 Å². The molecule has 0 heterocycles. The molecule has 2 aromatic carbocycles. The minimum absolute atomic E-state index is 0.0626. The van der Waals surface area contributed by atoms with Crippen LogP contribution in [0.5, 0.6) is 0 Å². The summed E-state index contributed by atoms with van der Waals surface area (Å²) in [7, 11) is 0. The highest BCUT2D eigenvalue weighted by Gasteiger charge is 2.35. The van der Waals surface area contributed by atoms with E-state index in [2.05, 4.69) is 20.5 Å². The van der Waals surface area contributed by atoms with Crippen molar-refractivity contribution in [3.05, 3.63) is 118 Å². The van der Waals surface area contributed by atoms with E-state index in [0.717, 1.165) is 24.3 Å². The molecule has 0 fully saturated rings. The van der Waals surface area contributed by atoms with Crippen LogP contribution >= 0.6 is 0 Å². The van der Waals surface area contributed by atoms with Crippen LogP contribution in [0.25, 0.3) is 11.1 Å². The van der Waals surface area contributed by atoms with Crippen molar-refractivity contribution in [2.24, 2.45) is 42.1 Å².